The van der Waals surface area contributed by atoms with Crippen molar-refractivity contribution < 1.29 is 0 Å². The summed E-state index contributed by atoms with van der Waals surface area (Å²) >= 11 is 0. The third-order valence-corrected chi connectivity index (χ3v) is 5.68. The van der Waals surface area contributed by atoms with Crippen LogP contribution in [0.25, 0.3) is 10.9 Å². The molecule has 7 nitrogen and oxygen atoms in total. The summed E-state index contributed by atoms with van der Waals surface area (Å²) in [6.07, 6.45) is 10.8. The third-order valence-electron chi connectivity index (χ3n) is 5.68. The Bertz CT molecular complexity index is 933. The Hall–Kier alpha value is -2.83. The Labute approximate surface area is 172 Å². The molecule has 0 bridgehead atoms. The number of nitrogens with zero attached hydrogens (tertiary/aromatic N) is 4. The van der Waals surface area contributed by atoms with Gasteiger partial charge in [0.2, 0.25) is 0 Å². The van der Waals surface area contributed by atoms with Gasteiger partial charge in [0.1, 0.15) is 12.2 Å². The number of aromatic nitrogens is 4. The van der Waals surface area contributed by atoms with E-state index < -0.39 is 0 Å². The Balaban J connectivity index is 1.36. The number of H-pyrrole nitrogens is 1. The molecule has 1 aliphatic carbocycles. The van der Waals surface area contributed by atoms with Gasteiger partial charge in [-0.1, -0.05) is 38.0 Å². The van der Waals surface area contributed by atoms with E-state index in [0.717, 1.165) is 44.3 Å². The maximum atomic E-state index is 4.87. The van der Waals surface area contributed by atoms with Crippen LogP contribution in [0.2, 0.25) is 0 Å². The van der Waals surface area contributed by atoms with Gasteiger partial charge in [-0.05, 0) is 30.9 Å². The van der Waals surface area contributed by atoms with E-state index in [9.17, 15) is 0 Å². The number of benzene rings is 1. The molecule has 1 saturated carbocycles. The van der Waals surface area contributed by atoms with Gasteiger partial charge >= 0.3 is 0 Å². The first-order valence-electron chi connectivity index (χ1n) is 10.8. The van der Waals surface area contributed by atoms with Gasteiger partial charge in [0, 0.05) is 49.2 Å². The van der Waals surface area contributed by atoms with Crippen molar-refractivity contribution in [2.75, 3.05) is 13.1 Å². The molecule has 154 valence electrons. The first kappa shape index (κ1) is 19.5. The highest BCUT2D eigenvalue weighted by Crippen LogP contribution is 2.19. The van der Waals surface area contributed by atoms with Gasteiger partial charge in [-0.2, -0.15) is 0 Å². The van der Waals surface area contributed by atoms with E-state index in [1.165, 1.54) is 42.1 Å². The first-order valence-corrected chi connectivity index (χ1v) is 10.8. The predicted octanol–water partition coefficient (Wildman–Crippen LogP) is 3.04. The van der Waals surface area contributed by atoms with Crippen LogP contribution in [0, 0.1) is 0 Å². The SMILES string of the molecule is CCc1nncn1CCNC(=NCCc1c[nH]c2ccccc12)NC1CCCC1. The Morgan fingerprint density at radius 3 is 3.00 bits per heavy atom. The highest BCUT2D eigenvalue weighted by molar-refractivity contribution is 5.83. The molecule has 0 atom stereocenters. The van der Waals surface area contributed by atoms with Crippen LogP contribution in [-0.2, 0) is 19.4 Å². The topological polar surface area (TPSA) is 82.9 Å². The molecular weight excluding hydrogens is 362 g/mol. The zero-order chi connectivity index (χ0) is 19.9. The summed E-state index contributed by atoms with van der Waals surface area (Å²) in [7, 11) is 0. The summed E-state index contributed by atoms with van der Waals surface area (Å²) in [5.41, 5.74) is 2.51. The Kier molecular flexibility index (Phi) is 6.44. The number of fused-ring (bicyclic) bond motifs is 1. The van der Waals surface area contributed by atoms with Crippen molar-refractivity contribution in [2.45, 2.75) is 58.0 Å². The van der Waals surface area contributed by atoms with Crippen LogP contribution >= 0.6 is 0 Å². The predicted molar refractivity (Wildman–Crippen MR) is 117 cm³/mol. The van der Waals surface area contributed by atoms with Crippen LogP contribution in [0.5, 0.6) is 0 Å². The smallest absolute Gasteiger partial charge is 0.191 e. The molecule has 7 heteroatoms. The minimum Gasteiger partial charge on any atom is -0.361 e. The van der Waals surface area contributed by atoms with Crippen LogP contribution < -0.4 is 10.6 Å². The van der Waals surface area contributed by atoms with Crippen molar-refractivity contribution in [2.24, 2.45) is 4.99 Å². The van der Waals surface area contributed by atoms with Gasteiger partial charge in [-0.15, -0.1) is 10.2 Å². The number of nitrogens with one attached hydrogen (secondary N) is 3. The number of para-hydroxylation sites is 1. The lowest BCUT2D eigenvalue weighted by molar-refractivity contribution is 0.593. The van der Waals surface area contributed by atoms with Crippen LogP contribution in [0.15, 0.2) is 41.8 Å². The van der Waals surface area contributed by atoms with Crippen molar-refractivity contribution in [1.29, 1.82) is 0 Å². The van der Waals surface area contributed by atoms with Gasteiger partial charge < -0.3 is 20.2 Å². The molecule has 1 aliphatic rings. The number of hydrogen-bond donors (Lipinski definition) is 3. The fourth-order valence-electron chi connectivity index (χ4n) is 4.08. The van der Waals surface area contributed by atoms with Gasteiger partial charge in [-0.3, -0.25) is 4.99 Å². The van der Waals surface area contributed by atoms with Crippen molar-refractivity contribution in [3.63, 3.8) is 0 Å². The number of aromatic amines is 1. The number of aliphatic imine (C=N–C) groups is 1. The highest BCUT2D eigenvalue weighted by atomic mass is 15.3. The molecule has 0 aliphatic heterocycles. The number of aryl methyl sites for hydroxylation is 1. The first-order chi connectivity index (χ1) is 14.3. The van der Waals surface area contributed by atoms with Gasteiger partial charge in [0.15, 0.2) is 5.96 Å². The average molecular weight is 394 g/mol. The van der Waals surface area contributed by atoms with Crippen LogP contribution in [-0.4, -0.2) is 44.8 Å². The van der Waals surface area contributed by atoms with E-state index in [1.807, 2.05) is 0 Å². The maximum Gasteiger partial charge on any atom is 0.191 e. The van der Waals surface area contributed by atoms with E-state index >= 15 is 0 Å². The molecule has 1 fully saturated rings. The second-order valence-corrected chi connectivity index (χ2v) is 7.69. The van der Waals surface area contributed by atoms with E-state index in [0.29, 0.717) is 6.04 Å². The molecule has 0 amide bonds. The molecule has 0 unspecified atom stereocenters. The molecule has 0 saturated heterocycles. The summed E-state index contributed by atoms with van der Waals surface area (Å²) in [6, 6.07) is 8.98. The fourth-order valence-corrected chi connectivity index (χ4v) is 4.08. The van der Waals surface area contributed by atoms with Gasteiger partial charge in [-0.25, -0.2) is 0 Å². The molecule has 2 heterocycles. The third kappa shape index (κ3) is 4.96. The quantitative estimate of drug-likeness (QED) is 0.406. The van der Waals surface area contributed by atoms with E-state index in [1.54, 1.807) is 6.33 Å². The molecule has 2 aromatic heterocycles. The molecule has 0 radical (unpaired) electrons. The lowest BCUT2D eigenvalue weighted by Gasteiger charge is -2.18. The lowest BCUT2D eigenvalue weighted by Crippen LogP contribution is -2.43. The van der Waals surface area contributed by atoms with E-state index in [-0.39, 0.29) is 0 Å². The van der Waals surface area contributed by atoms with E-state index in [2.05, 4.69) is 67.8 Å². The molecule has 29 heavy (non-hydrogen) atoms. The minimum absolute atomic E-state index is 0.537. The number of guanidine groups is 1. The zero-order valence-corrected chi connectivity index (χ0v) is 17.2. The van der Waals surface area contributed by atoms with Crippen LogP contribution in [0.4, 0.5) is 0 Å². The number of rotatable bonds is 8. The van der Waals surface area contributed by atoms with E-state index in [4.69, 9.17) is 4.99 Å². The normalized spacial score (nSPS) is 15.3. The lowest BCUT2D eigenvalue weighted by atomic mass is 10.1. The molecule has 1 aromatic carbocycles. The van der Waals surface area contributed by atoms with Gasteiger partial charge in [0.05, 0.1) is 0 Å². The summed E-state index contributed by atoms with van der Waals surface area (Å²) in [4.78, 5) is 8.22. The molecular formula is C22H31N7. The van der Waals surface area contributed by atoms with Gasteiger partial charge in [0.25, 0.3) is 0 Å². The maximum absolute atomic E-state index is 4.87. The van der Waals surface area contributed by atoms with Crippen molar-refractivity contribution in [1.82, 2.24) is 30.4 Å². The largest absolute Gasteiger partial charge is 0.361 e. The van der Waals surface area contributed by atoms with Crippen molar-refractivity contribution in [3.8, 4) is 0 Å². The summed E-state index contributed by atoms with van der Waals surface area (Å²) in [5, 5.41) is 16.6. The Morgan fingerprint density at radius 1 is 1.28 bits per heavy atom. The molecule has 0 spiro atoms. The summed E-state index contributed by atoms with van der Waals surface area (Å²) in [6.45, 7) is 4.50. The zero-order valence-electron chi connectivity index (χ0n) is 17.2. The van der Waals surface area contributed by atoms with Crippen LogP contribution in [0.3, 0.4) is 0 Å². The Morgan fingerprint density at radius 2 is 2.14 bits per heavy atom. The summed E-state index contributed by atoms with van der Waals surface area (Å²) < 4.78 is 2.10. The second kappa shape index (κ2) is 9.58. The second-order valence-electron chi connectivity index (χ2n) is 7.69. The molecule has 4 rings (SSSR count). The average Bonchev–Trinajstić information content (AvgIpc) is 3.49. The minimum atomic E-state index is 0.537. The van der Waals surface area contributed by atoms with Crippen molar-refractivity contribution >= 4 is 16.9 Å². The monoisotopic (exact) mass is 393 g/mol. The molecule has 3 aromatic rings. The standard InChI is InChI=1S/C22H31N7/c1-2-21-28-26-16-29(21)14-13-24-22(27-18-7-3-4-8-18)23-12-11-17-15-25-20-10-6-5-9-19(17)20/h5-6,9-10,15-16,18,25H,2-4,7-8,11-14H2,1H3,(H2,23,24,27). The number of hydrogen-bond acceptors (Lipinski definition) is 3. The molecule has 3 N–H and O–H groups in total. The van der Waals surface area contributed by atoms with Crippen LogP contribution in [0.1, 0.15) is 44.0 Å². The fraction of sp³-hybridized carbons (Fsp3) is 0.500. The van der Waals surface area contributed by atoms with Crippen molar-refractivity contribution in [3.05, 3.63) is 48.2 Å². The highest BCUT2D eigenvalue weighted by Gasteiger charge is 2.16. The summed E-state index contributed by atoms with van der Waals surface area (Å²) in [5.74, 6) is 1.94.